The molecule has 0 aliphatic carbocycles. The third kappa shape index (κ3) is 7.09. The first-order chi connectivity index (χ1) is 15.1. The molecule has 2 heterocycles. The first-order valence-corrected chi connectivity index (χ1v) is 11.4. The van der Waals surface area contributed by atoms with Crippen molar-refractivity contribution in [3.05, 3.63) is 35.6 Å². The van der Waals surface area contributed by atoms with Gasteiger partial charge in [0.05, 0.1) is 6.61 Å². The zero-order chi connectivity index (χ0) is 22.1. The lowest BCUT2D eigenvalue weighted by Crippen LogP contribution is -2.50. The van der Waals surface area contributed by atoms with Crippen molar-refractivity contribution >= 4 is 12.1 Å². The minimum absolute atomic E-state index is 0.116. The Hall–Kier alpha value is -2.35. The number of benzene rings is 1. The fraction of sp³-hybridized carbons (Fsp3) is 0.652. The summed E-state index contributed by atoms with van der Waals surface area (Å²) in [4.78, 5) is 20.3. The molecule has 8 heteroatoms. The van der Waals surface area contributed by atoms with E-state index in [0.717, 1.165) is 56.8 Å². The number of guanidine groups is 1. The lowest BCUT2D eigenvalue weighted by molar-refractivity contribution is 0.0963. The van der Waals surface area contributed by atoms with E-state index in [1.807, 2.05) is 19.1 Å². The summed E-state index contributed by atoms with van der Waals surface area (Å²) in [6.45, 7) is 7.18. The standard InChI is InChI=1S/C23H36FN5O2/c1-3-31-23(30)29-14-10-20(11-15-29)27-22(25-2)26-16-18-8-12-28(13-9-18)17-19-6-4-5-7-21(19)24/h4-7,18,20H,3,8-17H2,1-2H3,(H2,25,26,27). The molecule has 0 aromatic heterocycles. The van der Waals surface area contributed by atoms with Crippen LogP contribution in [0.5, 0.6) is 0 Å². The van der Waals surface area contributed by atoms with Gasteiger partial charge in [0.25, 0.3) is 0 Å². The number of nitrogens with one attached hydrogen (secondary N) is 2. The average Bonchev–Trinajstić information content (AvgIpc) is 2.79. The second kappa shape index (κ2) is 11.9. The summed E-state index contributed by atoms with van der Waals surface area (Å²) >= 11 is 0. The number of aliphatic imine (C=N–C) groups is 1. The van der Waals surface area contributed by atoms with Gasteiger partial charge in [-0.3, -0.25) is 9.89 Å². The van der Waals surface area contributed by atoms with Crippen LogP contribution in [0.25, 0.3) is 0 Å². The van der Waals surface area contributed by atoms with Crippen molar-refractivity contribution in [1.29, 1.82) is 0 Å². The van der Waals surface area contributed by atoms with E-state index in [9.17, 15) is 9.18 Å². The van der Waals surface area contributed by atoms with Crippen LogP contribution in [-0.4, -0.2) is 74.3 Å². The van der Waals surface area contributed by atoms with Crippen molar-refractivity contribution in [3.63, 3.8) is 0 Å². The van der Waals surface area contributed by atoms with Crippen molar-refractivity contribution < 1.29 is 13.9 Å². The maximum Gasteiger partial charge on any atom is 0.409 e. The van der Waals surface area contributed by atoms with E-state index in [2.05, 4.69) is 20.5 Å². The molecule has 1 amide bonds. The number of rotatable bonds is 6. The molecule has 0 atom stereocenters. The molecule has 3 rings (SSSR count). The molecular formula is C23H36FN5O2. The summed E-state index contributed by atoms with van der Waals surface area (Å²) < 4.78 is 19.0. The van der Waals surface area contributed by atoms with E-state index < -0.39 is 0 Å². The van der Waals surface area contributed by atoms with Crippen LogP contribution >= 0.6 is 0 Å². The van der Waals surface area contributed by atoms with Crippen LogP contribution in [0.1, 0.15) is 38.2 Å². The van der Waals surface area contributed by atoms with Gasteiger partial charge in [-0.15, -0.1) is 0 Å². The molecule has 2 saturated heterocycles. The van der Waals surface area contributed by atoms with Crippen LogP contribution in [0.15, 0.2) is 29.3 Å². The summed E-state index contributed by atoms with van der Waals surface area (Å²) in [5, 5.41) is 6.96. The summed E-state index contributed by atoms with van der Waals surface area (Å²) in [6.07, 6.45) is 3.74. The van der Waals surface area contributed by atoms with E-state index in [4.69, 9.17) is 4.74 Å². The molecule has 0 saturated carbocycles. The molecule has 0 spiro atoms. The molecule has 2 aliphatic heterocycles. The molecule has 2 fully saturated rings. The SMILES string of the molecule is CCOC(=O)N1CCC(NC(=NC)NCC2CCN(Cc3ccccc3F)CC2)CC1. The fourth-order valence-electron chi connectivity index (χ4n) is 4.27. The second-order valence-electron chi connectivity index (χ2n) is 8.37. The highest BCUT2D eigenvalue weighted by Crippen LogP contribution is 2.19. The summed E-state index contributed by atoms with van der Waals surface area (Å²) in [5.41, 5.74) is 0.776. The Morgan fingerprint density at radius 2 is 1.87 bits per heavy atom. The highest BCUT2D eigenvalue weighted by Gasteiger charge is 2.25. The number of amides is 1. The largest absolute Gasteiger partial charge is 0.450 e. The van der Waals surface area contributed by atoms with Gasteiger partial charge in [0.15, 0.2) is 5.96 Å². The Labute approximate surface area is 185 Å². The van der Waals surface area contributed by atoms with Crippen molar-refractivity contribution in [2.24, 2.45) is 10.9 Å². The minimum atomic E-state index is -0.218. The third-order valence-electron chi connectivity index (χ3n) is 6.20. The van der Waals surface area contributed by atoms with Crippen LogP contribution in [-0.2, 0) is 11.3 Å². The van der Waals surface area contributed by atoms with E-state index >= 15 is 0 Å². The molecule has 7 nitrogen and oxygen atoms in total. The quantitative estimate of drug-likeness (QED) is 0.533. The molecule has 31 heavy (non-hydrogen) atoms. The molecule has 1 aromatic rings. The van der Waals surface area contributed by atoms with Gasteiger partial charge >= 0.3 is 6.09 Å². The van der Waals surface area contributed by atoms with Gasteiger partial charge in [0.2, 0.25) is 0 Å². The molecule has 0 unspecified atom stereocenters. The van der Waals surface area contributed by atoms with Gasteiger partial charge in [0.1, 0.15) is 5.82 Å². The maximum atomic E-state index is 13.9. The van der Waals surface area contributed by atoms with Gasteiger partial charge in [-0.05, 0) is 57.7 Å². The van der Waals surface area contributed by atoms with E-state index in [-0.39, 0.29) is 11.9 Å². The molecule has 0 bridgehead atoms. The van der Waals surface area contributed by atoms with Gasteiger partial charge in [-0.1, -0.05) is 18.2 Å². The highest BCUT2D eigenvalue weighted by atomic mass is 19.1. The Kier molecular flexibility index (Phi) is 8.94. The van der Waals surface area contributed by atoms with E-state index in [1.54, 1.807) is 18.0 Å². The highest BCUT2D eigenvalue weighted by molar-refractivity contribution is 5.80. The Morgan fingerprint density at radius 3 is 2.52 bits per heavy atom. The van der Waals surface area contributed by atoms with Gasteiger partial charge < -0.3 is 20.3 Å². The molecule has 2 aliphatic rings. The maximum absolute atomic E-state index is 13.9. The molecule has 172 valence electrons. The molecular weight excluding hydrogens is 397 g/mol. The lowest BCUT2D eigenvalue weighted by Gasteiger charge is -2.34. The van der Waals surface area contributed by atoms with Crippen molar-refractivity contribution in [2.45, 2.75) is 45.2 Å². The van der Waals surface area contributed by atoms with E-state index in [0.29, 0.717) is 38.2 Å². The van der Waals surface area contributed by atoms with Crippen molar-refractivity contribution in [3.8, 4) is 0 Å². The minimum Gasteiger partial charge on any atom is -0.450 e. The van der Waals surface area contributed by atoms with Crippen LogP contribution in [0, 0.1) is 11.7 Å². The van der Waals surface area contributed by atoms with Gasteiger partial charge in [0, 0.05) is 44.8 Å². The van der Waals surface area contributed by atoms with Crippen LogP contribution in [0.3, 0.4) is 0 Å². The fourth-order valence-corrected chi connectivity index (χ4v) is 4.27. The first-order valence-electron chi connectivity index (χ1n) is 11.4. The summed E-state index contributed by atoms with van der Waals surface area (Å²) in [6, 6.07) is 7.34. The van der Waals surface area contributed by atoms with Crippen LogP contribution in [0.4, 0.5) is 9.18 Å². The number of nitrogens with zero attached hydrogens (tertiary/aromatic N) is 3. The van der Waals surface area contributed by atoms with Crippen LogP contribution < -0.4 is 10.6 Å². The third-order valence-corrected chi connectivity index (χ3v) is 6.20. The second-order valence-corrected chi connectivity index (χ2v) is 8.37. The number of hydrogen-bond donors (Lipinski definition) is 2. The topological polar surface area (TPSA) is 69.2 Å². The average molecular weight is 434 g/mol. The van der Waals surface area contributed by atoms with Gasteiger partial charge in [-0.2, -0.15) is 0 Å². The Morgan fingerprint density at radius 1 is 1.16 bits per heavy atom. The normalized spacial score (nSPS) is 19.3. The van der Waals surface area contributed by atoms with Crippen molar-refractivity contribution in [1.82, 2.24) is 20.4 Å². The predicted molar refractivity (Wildman–Crippen MR) is 121 cm³/mol. The number of halogens is 1. The smallest absolute Gasteiger partial charge is 0.409 e. The Balaban J connectivity index is 1.34. The molecule has 0 radical (unpaired) electrons. The zero-order valence-electron chi connectivity index (χ0n) is 18.8. The number of carbonyl (C=O) groups is 1. The first kappa shape index (κ1) is 23.3. The molecule has 1 aromatic carbocycles. The number of likely N-dealkylation sites (tertiary alicyclic amines) is 2. The number of ether oxygens (including phenoxy) is 1. The predicted octanol–water partition coefficient (Wildman–Crippen LogP) is 2.82. The number of carbonyl (C=O) groups excluding carboxylic acids is 1. The van der Waals surface area contributed by atoms with Crippen LogP contribution in [0.2, 0.25) is 0 Å². The molecule has 2 N–H and O–H groups in total. The number of piperidine rings is 2. The van der Waals surface area contributed by atoms with E-state index in [1.165, 1.54) is 6.07 Å². The summed E-state index contributed by atoms with van der Waals surface area (Å²) in [5.74, 6) is 1.29. The lowest BCUT2D eigenvalue weighted by atomic mass is 9.96. The van der Waals surface area contributed by atoms with Crippen molar-refractivity contribution in [2.75, 3.05) is 46.4 Å². The van der Waals surface area contributed by atoms with Gasteiger partial charge in [-0.25, -0.2) is 9.18 Å². The Bertz CT molecular complexity index is 728. The number of hydrogen-bond acceptors (Lipinski definition) is 4. The zero-order valence-corrected chi connectivity index (χ0v) is 18.8. The monoisotopic (exact) mass is 433 g/mol. The summed E-state index contributed by atoms with van der Waals surface area (Å²) in [7, 11) is 1.79.